The van der Waals surface area contributed by atoms with Gasteiger partial charge in [-0.1, -0.05) is 6.07 Å². The molecule has 24 heavy (non-hydrogen) atoms. The largest absolute Gasteiger partial charge is 0.334 e. The smallest absolute Gasteiger partial charge is 0.315 e. The molecular weight excluding hydrogens is 304 g/mol. The second-order valence-electron chi connectivity index (χ2n) is 5.35. The van der Waals surface area contributed by atoms with Crippen molar-refractivity contribution >= 4 is 6.03 Å². The van der Waals surface area contributed by atoms with Crippen molar-refractivity contribution in [2.45, 2.75) is 13.1 Å². The van der Waals surface area contributed by atoms with E-state index in [-0.39, 0.29) is 6.03 Å². The predicted molar refractivity (Wildman–Crippen MR) is 89.8 cm³/mol. The fourth-order valence-electron chi connectivity index (χ4n) is 2.18. The van der Waals surface area contributed by atoms with Crippen LogP contribution in [0.3, 0.4) is 0 Å². The standard InChI is InChI=1S/C17H18N6O/c1-23-12-15(11-22-23)16-3-2-14(9-19-16)10-21-17(24)20-8-13-4-6-18-7-5-13/h2-7,9,11-12H,8,10H2,1H3,(H2,20,21,24). The summed E-state index contributed by atoms with van der Waals surface area (Å²) in [6.07, 6.45) is 8.83. The van der Waals surface area contributed by atoms with Gasteiger partial charge in [-0.15, -0.1) is 0 Å². The Balaban J connectivity index is 1.48. The number of aromatic nitrogens is 4. The van der Waals surface area contributed by atoms with Gasteiger partial charge in [0.05, 0.1) is 11.9 Å². The Morgan fingerprint density at radius 1 is 1.04 bits per heavy atom. The van der Waals surface area contributed by atoms with Crippen LogP contribution in [0, 0.1) is 0 Å². The average Bonchev–Trinajstić information content (AvgIpc) is 3.06. The van der Waals surface area contributed by atoms with Gasteiger partial charge in [0.1, 0.15) is 0 Å². The molecule has 2 N–H and O–H groups in total. The third kappa shape index (κ3) is 4.16. The molecule has 0 spiro atoms. The lowest BCUT2D eigenvalue weighted by Crippen LogP contribution is -2.34. The molecule has 3 rings (SSSR count). The Hall–Kier alpha value is -3.22. The van der Waals surface area contributed by atoms with Crippen LogP contribution >= 0.6 is 0 Å². The van der Waals surface area contributed by atoms with Crippen molar-refractivity contribution in [3.63, 3.8) is 0 Å². The average molecular weight is 322 g/mol. The zero-order valence-corrected chi connectivity index (χ0v) is 13.3. The van der Waals surface area contributed by atoms with Crippen LogP contribution in [-0.4, -0.2) is 25.8 Å². The minimum atomic E-state index is -0.219. The highest BCUT2D eigenvalue weighted by Crippen LogP contribution is 2.15. The molecule has 0 aliphatic rings. The molecule has 0 unspecified atom stereocenters. The van der Waals surface area contributed by atoms with Crippen LogP contribution in [0.1, 0.15) is 11.1 Å². The molecule has 0 fully saturated rings. The van der Waals surface area contributed by atoms with Crippen molar-refractivity contribution in [3.05, 3.63) is 66.4 Å². The normalized spacial score (nSPS) is 10.4. The van der Waals surface area contributed by atoms with Crippen molar-refractivity contribution in [1.29, 1.82) is 0 Å². The van der Waals surface area contributed by atoms with Crippen LogP contribution in [-0.2, 0) is 20.1 Å². The lowest BCUT2D eigenvalue weighted by molar-refractivity contribution is 0.240. The number of carbonyl (C=O) groups excluding carboxylic acids is 1. The topological polar surface area (TPSA) is 84.7 Å². The van der Waals surface area contributed by atoms with Crippen LogP contribution in [0.5, 0.6) is 0 Å². The number of nitrogens with one attached hydrogen (secondary N) is 2. The highest BCUT2D eigenvalue weighted by atomic mass is 16.2. The number of hydrogen-bond donors (Lipinski definition) is 2. The van der Waals surface area contributed by atoms with E-state index < -0.39 is 0 Å². The van der Waals surface area contributed by atoms with E-state index in [1.807, 2.05) is 37.5 Å². The highest BCUT2D eigenvalue weighted by molar-refractivity contribution is 5.73. The van der Waals surface area contributed by atoms with Crippen LogP contribution in [0.2, 0.25) is 0 Å². The summed E-state index contributed by atoms with van der Waals surface area (Å²) in [4.78, 5) is 20.2. The second kappa shape index (κ2) is 7.36. The van der Waals surface area contributed by atoms with Crippen molar-refractivity contribution in [3.8, 4) is 11.3 Å². The van der Waals surface area contributed by atoms with Gasteiger partial charge in [-0.05, 0) is 29.3 Å². The van der Waals surface area contributed by atoms with E-state index in [1.54, 1.807) is 29.5 Å². The van der Waals surface area contributed by atoms with E-state index in [4.69, 9.17) is 0 Å². The van der Waals surface area contributed by atoms with Crippen molar-refractivity contribution in [2.75, 3.05) is 0 Å². The van der Waals surface area contributed by atoms with E-state index in [0.717, 1.165) is 22.4 Å². The summed E-state index contributed by atoms with van der Waals surface area (Å²) >= 11 is 0. The molecule has 0 aromatic carbocycles. The minimum Gasteiger partial charge on any atom is -0.334 e. The molecule has 7 heteroatoms. The van der Waals surface area contributed by atoms with Crippen LogP contribution in [0.4, 0.5) is 4.79 Å². The predicted octanol–water partition coefficient (Wildman–Crippen LogP) is 1.88. The molecule has 3 heterocycles. The number of carbonyl (C=O) groups is 1. The van der Waals surface area contributed by atoms with Gasteiger partial charge in [0, 0.05) is 50.5 Å². The zero-order chi connectivity index (χ0) is 16.8. The maximum absolute atomic E-state index is 11.8. The first-order valence-corrected chi connectivity index (χ1v) is 7.55. The SMILES string of the molecule is Cn1cc(-c2ccc(CNC(=O)NCc3ccncc3)cn2)cn1. The van der Waals surface area contributed by atoms with Gasteiger partial charge in [0.2, 0.25) is 0 Å². The first-order valence-electron chi connectivity index (χ1n) is 7.55. The summed E-state index contributed by atoms with van der Waals surface area (Å²) in [5.74, 6) is 0. The summed E-state index contributed by atoms with van der Waals surface area (Å²) < 4.78 is 1.74. The Morgan fingerprint density at radius 3 is 2.42 bits per heavy atom. The van der Waals surface area contributed by atoms with Gasteiger partial charge in [-0.3, -0.25) is 14.6 Å². The zero-order valence-electron chi connectivity index (χ0n) is 13.3. The van der Waals surface area contributed by atoms with Crippen LogP contribution < -0.4 is 10.6 Å². The van der Waals surface area contributed by atoms with Gasteiger partial charge < -0.3 is 10.6 Å². The lowest BCUT2D eigenvalue weighted by Gasteiger charge is -2.08. The number of hydrogen-bond acceptors (Lipinski definition) is 4. The van der Waals surface area contributed by atoms with Gasteiger partial charge in [0.25, 0.3) is 0 Å². The summed E-state index contributed by atoms with van der Waals surface area (Å²) in [6.45, 7) is 0.884. The van der Waals surface area contributed by atoms with E-state index in [1.165, 1.54) is 0 Å². The fraction of sp³-hybridized carbons (Fsp3) is 0.176. The van der Waals surface area contributed by atoms with Crippen molar-refractivity contribution in [2.24, 2.45) is 7.05 Å². The Kier molecular flexibility index (Phi) is 4.81. The summed E-state index contributed by atoms with van der Waals surface area (Å²) in [5.41, 5.74) is 3.76. The molecule has 0 aliphatic carbocycles. The first-order chi connectivity index (χ1) is 11.7. The van der Waals surface area contributed by atoms with Crippen molar-refractivity contribution in [1.82, 2.24) is 30.4 Å². The van der Waals surface area contributed by atoms with E-state index in [0.29, 0.717) is 13.1 Å². The summed E-state index contributed by atoms with van der Waals surface area (Å²) in [6, 6.07) is 7.37. The summed E-state index contributed by atoms with van der Waals surface area (Å²) in [7, 11) is 1.87. The van der Waals surface area contributed by atoms with Crippen LogP contribution in [0.15, 0.2) is 55.2 Å². The molecule has 0 aliphatic heterocycles. The first kappa shape index (κ1) is 15.7. The maximum atomic E-state index is 11.8. The second-order valence-corrected chi connectivity index (χ2v) is 5.35. The molecule has 0 atom stereocenters. The Bertz CT molecular complexity index is 797. The molecule has 3 aromatic rings. The quantitative estimate of drug-likeness (QED) is 0.751. The fourth-order valence-corrected chi connectivity index (χ4v) is 2.18. The van der Waals surface area contributed by atoms with Gasteiger partial charge >= 0.3 is 6.03 Å². The number of rotatable bonds is 5. The molecular formula is C17H18N6O. The van der Waals surface area contributed by atoms with Gasteiger partial charge in [-0.2, -0.15) is 5.10 Å². The lowest BCUT2D eigenvalue weighted by atomic mass is 10.2. The molecule has 0 radical (unpaired) electrons. The highest BCUT2D eigenvalue weighted by Gasteiger charge is 2.04. The van der Waals surface area contributed by atoms with Crippen molar-refractivity contribution < 1.29 is 4.79 Å². The van der Waals surface area contributed by atoms with E-state index >= 15 is 0 Å². The third-order valence-corrected chi connectivity index (χ3v) is 3.48. The maximum Gasteiger partial charge on any atom is 0.315 e. The molecule has 3 aromatic heterocycles. The molecule has 7 nitrogen and oxygen atoms in total. The number of nitrogens with zero attached hydrogens (tertiary/aromatic N) is 4. The number of aryl methyl sites for hydroxylation is 1. The number of pyridine rings is 2. The monoisotopic (exact) mass is 322 g/mol. The Morgan fingerprint density at radius 2 is 1.79 bits per heavy atom. The van der Waals surface area contributed by atoms with E-state index in [2.05, 4.69) is 25.7 Å². The Labute approximate surface area is 139 Å². The minimum absolute atomic E-state index is 0.219. The molecule has 0 saturated heterocycles. The summed E-state index contributed by atoms with van der Waals surface area (Å²) in [5, 5.41) is 9.74. The van der Waals surface area contributed by atoms with Crippen LogP contribution in [0.25, 0.3) is 11.3 Å². The molecule has 2 amide bonds. The van der Waals surface area contributed by atoms with Gasteiger partial charge in [0.15, 0.2) is 0 Å². The number of amides is 2. The van der Waals surface area contributed by atoms with E-state index in [9.17, 15) is 4.79 Å². The molecule has 122 valence electrons. The van der Waals surface area contributed by atoms with Gasteiger partial charge in [-0.25, -0.2) is 4.79 Å². The molecule has 0 bridgehead atoms. The number of urea groups is 1. The molecule has 0 saturated carbocycles. The third-order valence-electron chi connectivity index (χ3n) is 3.48.